The van der Waals surface area contributed by atoms with Gasteiger partial charge in [0.25, 0.3) is 15.9 Å². The number of anilines is 1. The van der Waals surface area contributed by atoms with Gasteiger partial charge in [0.2, 0.25) is 9.47 Å². The van der Waals surface area contributed by atoms with Crippen LogP contribution in [0.4, 0.5) is 5.13 Å². The number of hydrogen-bond acceptors (Lipinski definition) is 6. The van der Waals surface area contributed by atoms with Crippen LogP contribution in [0.25, 0.3) is 0 Å². The number of nitrogens with zero attached hydrogens (tertiary/aromatic N) is 2. The average Bonchev–Trinajstić information content (AvgIpc) is 3.31. The van der Waals surface area contributed by atoms with E-state index >= 15 is 0 Å². The fourth-order valence-electron chi connectivity index (χ4n) is 3.96. The van der Waals surface area contributed by atoms with Gasteiger partial charge in [0.15, 0.2) is 0 Å². The lowest BCUT2D eigenvalue weighted by molar-refractivity contribution is 0.102. The Morgan fingerprint density at radius 1 is 1.23 bits per heavy atom. The van der Waals surface area contributed by atoms with Crippen molar-refractivity contribution in [2.45, 2.75) is 43.0 Å². The molecule has 0 spiro atoms. The molecule has 138 valence electrons. The minimum Gasteiger partial charge on any atom is -0.296 e. The zero-order valence-corrected chi connectivity index (χ0v) is 15.9. The first kappa shape index (κ1) is 17.6. The van der Waals surface area contributed by atoms with Crippen LogP contribution < -0.4 is 10.0 Å². The summed E-state index contributed by atoms with van der Waals surface area (Å²) in [4.78, 5) is 12.3. The normalized spacial score (nSPS) is 24.7. The molecule has 2 aliphatic rings. The van der Waals surface area contributed by atoms with Gasteiger partial charge in [-0.3, -0.25) is 10.1 Å². The highest BCUT2D eigenvalue weighted by atomic mass is 32.2. The molecule has 1 aromatic heterocycles. The van der Waals surface area contributed by atoms with E-state index < -0.39 is 10.0 Å². The minimum absolute atomic E-state index is 0.00650. The van der Waals surface area contributed by atoms with E-state index in [0.29, 0.717) is 17.4 Å². The molecule has 1 amide bonds. The molecule has 0 radical (unpaired) electrons. The van der Waals surface area contributed by atoms with Gasteiger partial charge >= 0.3 is 0 Å². The van der Waals surface area contributed by atoms with E-state index in [1.165, 1.54) is 6.42 Å². The van der Waals surface area contributed by atoms with Gasteiger partial charge in [-0.1, -0.05) is 35.5 Å². The van der Waals surface area contributed by atoms with Crippen LogP contribution in [0.15, 0.2) is 28.6 Å². The highest BCUT2D eigenvalue weighted by molar-refractivity contribution is 7.91. The number of fused-ring (bicyclic) bond motifs is 2. The number of amides is 1. The Balaban J connectivity index is 1.44. The molecule has 2 bridgehead atoms. The maximum atomic E-state index is 12.6. The summed E-state index contributed by atoms with van der Waals surface area (Å²) >= 11 is 0.866. The Morgan fingerprint density at radius 2 is 2.08 bits per heavy atom. The molecule has 2 saturated carbocycles. The van der Waals surface area contributed by atoms with E-state index in [2.05, 4.69) is 20.2 Å². The summed E-state index contributed by atoms with van der Waals surface area (Å²) in [6.07, 6.45) is 4.31. The summed E-state index contributed by atoms with van der Waals surface area (Å²) in [6.45, 7) is 1.90. The van der Waals surface area contributed by atoms with Crippen LogP contribution in [0.2, 0.25) is 0 Å². The molecule has 0 saturated heterocycles. The molecule has 4 rings (SSSR count). The highest BCUT2D eigenvalue weighted by Crippen LogP contribution is 2.44. The largest absolute Gasteiger partial charge is 0.296 e. The minimum atomic E-state index is -3.71. The number of carbonyl (C=O) groups is 1. The lowest BCUT2D eigenvalue weighted by Crippen LogP contribution is -2.38. The first-order valence-corrected chi connectivity index (χ1v) is 10.9. The smallest absolute Gasteiger partial charge is 0.270 e. The van der Waals surface area contributed by atoms with E-state index in [1.807, 2.05) is 13.0 Å². The molecule has 1 heterocycles. The summed E-state index contributed by atoms with van der Waals surface area (Å²) in [5, 5.41) is 10.4. The van der Waals surface area contributed by atoms with Crippen molar-refractivity contribution in [3.05, 3.63) is 35.4 Å². The second-order valence-corrected chi connectivity index (χ2v) is 9.96. The van der Waals surface area contributed by atoms with Gasteiger partial charge in [-0.25, -0.2) is 13.1 Å². The van der Waals surface area contributed by atoms with E-state index in [9.17, 15) is 13.2 Å². The number of rotatable bonds is 5. The number of hydrogen-bond donors (Lipinski definition) is 2. The molecule has 1 aromatic carbocycles. The monoisotopic (exact) mass is 392 g/mol. The van der Waals surface area contributed by atoms with Crippen molar-refractivity contribution in [2.24, 2.45) is 11.8 Å². The molecule has 2 N–H and O–H groups in total. The number of aryl methyl sites for hydroxylation is 1. The van der Waals surface area contributed by atoms with Crippen LogP contribution in [0, 0.1) is 18.8 Å². The number of benzene rings is 1. The SMILES string of the molecule is Cc1cccc(C(=O)Nc2nnc(S(=O)(=O)N[C@H]3C[C@@H]4CC[C@@H]3C4)s2)c1. The van der Waals surface area contributed by atoms with Crippen molar-refractivity contribution < 1.29 is 13.2 Å². The molecule has 2 aromatic rings. The molecule has 26 heavy (non-hydrogen) atoms. The Labute approximate surface area is 156 Å². The highest BCUT2D eigenvalue weighted by Gasteiger charge is 2.41. The third-order valence-electron chi connectivity index (χ3n) is 5.18. The Kier molecular flexibility index (Phi) is 4.54. The molecule has 3 atom stereocenters. The van der Waals surface area contributed by atoms with Crippen LogP contribution in [-0.4, -0.2) is 30.6 Å². The molecule has 0 unspecified atom stereocenters. The molecule has 2 aliphatic carbocycles. The second kappa shape index (κ2) is 6.71. The first-order valence-electron chi connectivity index (χ1n) is 8.64. The zero-order chi connectivity index (χ0) is 18.3. The fourth-order valence-corrected chi connectivity index (χ4v) is 6.19. The summed E-state index contributed by atoms with van der Waals surface area (Å²) in [7, 11) is -3.71. The maximum absolute atomic E-state index is 12.6. The van der Waals surface area contributed by atoms with E-state index in [4.69, 9.17) is 0 Å². The third-order valence-corrected chi connectivity index (χ3v) is 7.88. The molecule has 7 nitrogen and oxygen atoms in total. The van der Waals surface area contributed by atoms with E-state index in [0.717, 1.165) is 36.2 Å². The van der Waals surface area contributed by atoms with Crippen molar-refractivity contribution in [2.75, 3.05) is 5.32 Å². The van der Waals surface area contributed by atoms with Crippen LogP contribution in [0.5, 0.6) is 0 Å². The summed E-state index contributed by atoms with van der Waals surface area (Å²) < 4.78 is 27.8. The zero-order valence-electron chi connectivity index (χ0n) is 14.3. The van der Waals surface area contributed by atoms with Gasteiger partial charge in [0.1, 0.15) is 0 Å². The van der Waals surface area contributed by atoms with E-state index in [1.54, 1.807) is 18.2 Å². The Bertz CT molecular complexity index is 941. The second-order valence-electron chi connectivity index (χ2n) is 7.10. The average molecular weight is 393 g/mol. The molecular weight excluding hydrogens is 372 g/mol. The van der Waals surface area contributed by atoms with Crippen LogP contribution in [-0.2, 0) is 10.0 Å². The summed E-state index contributed by atoms with van der Waals surface area (Å²) in [5.41, 5.74) is 1.46. The van der Waals surface area contributed by atoms with Gasteiger partial charge in [-0.15, -0.1) is 10.2 Å². The number of aromatic nitrogens is 2. The topological polar surface area (TPSA) is 101 Å². The van der Waals surface area contributed by atoms with Crippen molar-refractivity contribution in [1.29, 1.82) is 0 Å². The van der Waals surface area contributed by atoms with Crippen molar-refractivity contribution in [3.63, 3.8) is 0 Å². The third kappa shape index (κ3) is 3.51. The van der Waals surface area contributed by atoms with Gasteiger partial charge in [-0.2, -0.15) is 0 Å². The number of carbonyl (C=O) groups excluding carboxylic acids is 1. The van der Waals surface area contributed by atoms with Gasteiger partial charge in [-0.05, 0) is 50.2 Å². The van der Waals surface area contributed by atoms with Crippen molar-refractivity contribution >= 4 is 32.4 Å². The lowest BCUT2D eigenvalue weighted by atomic mass is 9.96. The molecule has 2 fully saturated rings. The Morgan fingerprint density at radius 3 is 2.77 bits per heavy atom. The lowest BCUT2D eigenvalue weighted by Gasteiger charge is -2.21. The summed E-state index contributed by atoms with van der Waals surface area (Å²) in [5.74, 6) is 0.740. The van der Waals surface area contributed by atoms with Crippen LogP contribution >= 0.6 is 11.3 Å². The number of nitrogens with one attached hydrogen (secondary N) is 2. The van der Waals surface area contributed by atoms with Crippen LogP contribution in [0.1, 0.15) is 41.6 Å². The van der Waals surface area contributed by atoms with Gasteiger partial charge < -0.3 is 0 Å². The maximum Gasteiger partial charge on any atom is 0.270 e. The molecule has 9 heteroatoms. The molecular formula is C17H20N4O3S2. The standard InChI is InChI=1S/C17H20N4O3S2/c1-10-3-2-4-13(7-10)15(22)18-16-19-20-17(25-16)26(23,24)21-14-9-11-5-6-12(14)8-11/h2-4,7,11-12,14,21H,5-6,8-9H2,1H3,(H,18,19,22)/t11-,12-,14+/m1/s1. The van der Waals surface area contributed by atoms with Gasteiger partial charge in [0, 0.05) is 11.6 Å². The predicted molar refractivity (Wildman–Crippen MR) is 98.6 cm³/mol. The van der Waals surface area contributed by atoms with Crippen molar-refractivity contribution in [3.8, 4) is 0 Å². The number of sulfonamides is 1. The predicted octanol–water partition coefficient (Wildman–Crippen LogP) is 2.57. The Hall–Kier alpha value is -1.84. The van der Waals surface area contributed by atoms with Gasteiger partial charge in [0.05, 0.1) is 0 Å². The first-order chi connectivity index (χ1) is 12.4. The quantitative estimate of drug-likeness (QED) is 0.762. The summed E-state index contributed by atoms with van der Waals surface area (Å²) in [6, 6.07) is 7.13. The molecule has 0 aliphatic heterocycles. The van der Waals surface area contributed by atoms with E-state index in [-0.39, 0.29) is 21.4 Å². The fraction of sp³-hybridized carbons (Fsp3) is 0.471. The van der Waals surface area contributed by atoms with Crippen LogP contribution in [0.3, 0.4) is 0 Å². The van der Waals surface area contributed by atoms with Crippen molar-refractivity contribution in [1.82, 2.24) is 14.9 Å².